The number of carbonyl (C=O) groups excluding carboxylic acids is 1. The van der Waals surface area contributed by atoms with E-state index >= 15 is 0 Å². The van der Waals surface area contributed by atoms with Crippen LogP contribution < -0.4 is 15.6 Å². The minimum Gasteiger partial charge on any atom is -0.437 e. The van der Waals surface area contributed by atoms with Crippen LogP contribution in [0.5, 0.6) is 11.6 Å². The van der Waals surface area contributed by atoms with Crippen LogP contribution in [0.3, 0.4) is 0 Å². The highest BCUT2D eigenvalue weighted by Gasteiger charge is 2.15. The zero-order valence-electron chi connectivity index (χ0n) is 16.5. The number of fused-ring (bicyclic) bond motifs is 1. The largest absolute Gasteiger partial charge is 0.437 e. The molecule has 32 heavy (non-hydrogen) atoms. The predicted octanol–water partition coefficient (Wildman–Crippen LogP) is 4.41. The molecule has 0 aliphatic heterocycles. The second-order valence-electron chi connectivity index (χ2n) is 6.71. The van der Waals surface area contributed by atoms with E-state index in [-0.39, 0.29) is 18.0 Å². The molecule has 0 saturated carbocycles. The van der Waals surface area contributed by atoms with E-state index in [0.717, 1.165) is 10.4 Å². The van der Waals surface area contributed by atoms with E-state index in [1.807, 2.05) is 22.9 Å². The smallest absolute Gasteiger partial charge is 0.263 e. The number of hydrogen-bond donors (Lipinski definition) is 1. The summed E-state index contributed by atoms with van der Waals surface area (Å²) in [6, 6.07) is 10.8. The lowest BCUT2D eigenvalue weighted by Gasteiger charge is -2.09. The van der Waals surface area contributed by atoms with Gasteiger partial charge in [0.2, 0.25) is 11.8 Å². The van der Waals surface area contributed by atoms with Crippen molar-refractivity contribution in [2.45, 2.75) is 6.54 Å². The fourth-order valence-electron chi connectivity index (χ4n) is 3.14. The fourth-order valence-corrected chi connectivity index (χ4v) is 4.87. The minimum atomic E-state index is -0.349. The fraction of sp³-hybridized carbons (Fsp3) is 0.0455. The van der Waals surface area contributed by atoms with E-state index in [2.05, 4.69) is 20.3 Å². The Bertz CT molecular complexity index is 1450. The van der Waals surface area contributed by atoms with Gasteiger partial charge in [0.25, 0.3) is 5.56 Å². The molecule has 8 nitrogen and oxygen atoms in total. The quantitative estimate of drug-likeness (QED) is 0.402. The molecule has 0 unspecified atom stereocenters. The Kier molecular flexibility index (Phi) is 5.44. The number of nitrogens with zero attached hydrogens (tertiary/aromatic N) is 4. The molecule has 5 rings (SSSR count). The Morgan fingerprint density at radius 2 is 2.06 bits per heavy atom. The Morgan fingerprint density at radius 3 is 2.88 bits per heavy atom. The van der Waals surface area contributed by atoms with Crippen molar-refractivity contribution >= 4 is 44.5 Å². The van der Waals surface area contributed by atoms with Gasteiger partial charge in [-0.3, -0.25) is 19.1 Å². The van der Waals surface area contributed by atoms with Gasteiger partial charge in [-0.2, -0.15) is 0 Å². The van der Waals surface area contributed by atoms with E-state index in [0.29, 0.717) is 27.5 Å². The molecule has 0 bridgehead atoms. The number of benzene rings is 1. The van der Waals surface area contributed by atoms with E-state index in [1.54, 1.807) is 41.8 Å². The zero-order valence-corrected chi connectivity index (χ0v) is 18.1. The van der Waals surface area contributed by atoms with E-state index in [4.69, 9.17) is 4.74 Å². The lowest BCUT2D eigenvalue weighted by atomic mass is 10.2. The first kappa shape index (κ1) is 20.0. The van der Waals surface area contributed by atoms with Crippen molar-refractivity contribution in [1.29, 1.82) is 0 Å². The molecule has 158 valence electrons. The first-order chi connectivity index (χ1) is 15.7. The number of thiophene rings is 2. The van der Waals surface area contributed by atoms with Crippen molar-refractivity contribution in [2.24, 2.45) is 0 Å². The number of nitrogens with one attached hydrogen (secondary N) is 1. The Labute approximate surface area is 189 Å². The average Bonchev–Trinajstić information content (AvgIpc) is 3.47. The van der Waals surface area contributed by atoms with E-state index in [9.17, 15) is 9.59 Å². The molecule has 0 fully saturated rings. The Morgan fingerprint density at radius 1 is 1.12 bits per heavy atom. The molecule has 1 aromatic carbocycles. The van der Waals surface area contributed by atoms with Crippen LogP contribution in [-0.4, -0.2) is 25.4 Å². The van der Waals surface area contributed by atoms with Crippen molar-refractivity contribution in [3.05, 3.63) is 82.4 Å². The van der Waals surface area contributed by atoms with E-state index < -0.39 is 0 Å². The summed E-state index contributed by atoms with van der Waals surface area (Å²) in [7, 11) is 0. The number of ether oxygens (including phenoxy) is 1. The second-order valence-corrected chi connectivity index (χ2v) is 8.51. The van der Waals surface area contributed by atoms with Crippen LogP contribution >= 0.6 is 22.7 Å². The maximum Gasteiger partial charge on any atom is 0.263 e. The van der Waals surface area contributed by atoms with Crippen LogP contribution in [0.15, 0.2) is 76.9 Å². The van der Waals surface area contributed by atoms with Crippen molar-refractivity contribution in [2.75, 3.05) is 5.32 Å². The summed E-state index contributed by atoms with van der Waals surface area (Å²) in [5.41, 5.74) is 1.14. The molecule has 0 atom stereocenters. The van der Waals surface area contributed by atoms with Crippen molar-refractivity contribution in [3.63, 3.8) is 0 Å². The van der Waals surface area contributed by atoms with Gasteiger partial charge in [-0.1, -0.05) is 12.1 Å². The van der Waals surface area contributed by atoms with Crippen LogP contribution in [0.4, 0.5) is 5.69 Å². The normalized spacial score (nSPS) is 10.9. The molecule has 0 radical (unpaired) electrons. The SMILES string of the molecule is O=C(Cn1cnc2scc(-c3cccs3)c2c1=O)Nc1cccc(Oc2cnccn2)c1. The lowest BCUT2D eigenvalue weighted by molar-refractivity contribution is -0.116. The van der Waals surface area contributed by atoms with Gasteiger partial charge in [-0.15, -0.1) is 22.7 Å². The van der Waals surface area contributed by atoms with Crippen LogP contribution in [0.25, 0.3) is 20.7 Å². The summed E-state index contributed by atoms with van der Waals surface area (Å²) in [4.78, 5) is 39.7. The van der Waals surface area contributed by atoms with Crippen molar-refractivity contribution in [3.8, 4) is 22.1 Å². The van der Waals surface area contributed by atoms with Gasteiger partial charge in [0.15, 0.2) is 0 Å². The summed E-state index contributed by atoms with van der Waals surface area (Å²) in [6.45, 7) is -0.156. The standard InChI is InChI=1S/C22H15N5O3S2/c28-18(26-14-3-1-4-15(9-14)30-19-10-23-6-7-24-19)11-27-13-25-21-20(22(27)29)16(12-32-21)17-5-2-8-31-17/h1-10,12-13H,11H2,(H,26,28). The summed E-state index contributed by atoms with van der Waals surface area (Å²) in [5, 5.41) is 7.21. The Hall–Kier alpha value is -3.89. The highest BCUT2D eigenvalue weighted by atomic mass is 32.1. The van der Waals surface area contributed by atoms with Gasteiger partial charge in [0.1, 0.15) is 17.1 Å². The topological polar surface area (TPSA) is 99.0 Å². The van der Waals surface area contributed by atoms with Gasteiger partial charge < -0.3 is 10.1 Å². The van der Waals surface area contributed by atoms with Gasteiger partial charge in [0.05, 0.1) is 17.9 Å². The highest BCUT2D eigenvalue weighted by molar-refractivity contribution is 7.18. The van der Waals surface area contributed by atoms with Gasteiger partial charge in [-0.25, -0.2) is 9.97 Å². The number of hydrogen-bond acceptors (Lipinski definition) is 8. The maximum atomic E-state index is 13.1. The van der Waals surface area contributed by atoms with Crippen LogP contribution in [0.1, 0.15) is 0 Å². The van der Waals surface area contributed by atoms with Gasteiger partial charge in [-0.05, 0) is 23.6 Å². The predicted molar refractivity (Wildman–Crippen MR) is 124 cm³/mol. The first-order valence-electron chi connectivity index (χ1n) is 9.52. The monoisotopic (exact) mass is 461 g/mol. The third-order valence-electron chi connectivity index (χ3n) is 4.54. The molecule has 0 saturated heterocycles. The molecule has 0 spiro atoms. The summed E-state index contributed by atoms with van der Waals surface area (Å²) in [6.07, 6.45) is 5.99. The number of rotatable bonds is 6. The van der Waals surface area contributed by atoms with Crippen LogP contribution in [0, 0.1) is 0 Å². The highest BCUT2D eigenvalue weighted by Crippen LogP contribution is 2.33. The zero-order chi connectivity index (χ0) is 21.9. The first-order valence-corrected chi connectivity index (χ1v) is 11.3. The van der Waals surface area contributed by atoms with Gasteiger partial charge in [0, 0.05) is 40.0 Å². The minimum absolute atomic E-state index is 0.156. The summed E-state index contributed by atoms with van der Waals surface area (Å²) < 4.78 is 6.96. The molecule has 1 amide bonds. The van der Waals surface area contributed by atoms with Gasteiger partial charge >= 0.3 is 0 Å². The van der Waals surface area contributed by atoms with E-state index in [1.165, 1.54) is 34.6 Å². The lowest BCUT2D eigenvalue weighted by Crippen LogP contribution is -2.27. The number of amides is 1. The van der Waals surface area contributed by atoms with Crippen molar-refractivity contribution in [1.82, 2.24) is 19.5 Å². The molecule has 4 heterocycles. The molecule has 10 heteroatoms. The molecule has 5 aromatic rings. The average molecular weight is 462 g/mol. The molecule has 0 aliphatic carbocycles. The third-order valence-corrected chi connectivity index (χ3v) is 6.33. The molecule has 4 aromatic heterocycles. The molecule has 0 aliphatic rings. The number of aromatic nitrogens is 4. The Balaban J connectivity index is 1.34. The van der Waals surface area contributed by atoms with Crippen LogP contribution in [-0.2, 0) is 11.3 Å². The third kappa shape index (κ3) is 4.13. The molecule has 1 N–H and O–H groups in total. The number of anilines is 1. The van der Waals surface area contributed by atoms with Crippen LogP contribution in [0.2, 0.25) is 0 Å². The maximum absolute atomic E-state index is 13.1. The van der Waals surface area contributed by atoms with Crippen molar-refractivity contribution < 1.29 is 9.53 Å². The molecular formula is C22H15N5O3S2. The number of carbonyl (C=O) groups is 1. The molecular weight excluding hydrogens is 446 g/mol. The summed E-state index contributed by atoms with van der Waals surface area (Å²) >= 11 is 2.98. The second kappa shape index (κ2) is 8.69. The summed E-state index contributed by atoms with van der Waals surface area (Å²) in [5.74, 6) is 0.499.